The Balaban J connectivity index is 1.85. The lowest BCUT2D eigenvalue weighted by Gasteiger charge is -2.07. The first-order valence-corrected chi connectivity index (χ1v) is 8.96. The molecular weight excluding hydrogens is 328 g/mol. The highest BCUT2D eigenvalue weighted by Gasteiger charge is 2.17. The third-order valence-corrected chi connectivity index (χ3v) is 5.95. The zero-order valence-electron chi connectivity index (χ0n) is 13.1. The lowest BCUT2D eigenvalue weighted by molar-refractivity contribution is 0.602. The Bertz CT molecular complexity index is 1400. The van der Waals surface area contributed by atoms with Crippen LogP contribution in [0.1, 0.15) is 0 Å². The number of nitrogens with zero attached hydrogens (tertiary/aromatic N) is 2. The van der Waals surface area contributed by atoms with Crippen molar-refractivity contribution in [2.75, 3.05) is 0 Å². The van der Waals surface area contributed by atoms with Crippen LogP contribution in [0.15, 0.2) is 77.5 Å². The Morgan fingerprint density at radius 2 is 1.72 bits per heavy atom. The van der Waals surface area contributed by atoms with E-state index in [9.17, 15) is 0 Å². The molecule has 0 fully saturated rings. The minimum Gasteiger partial charge on any atom is -0.443 e. The van der Waals surface area contributed by atoms with Gasteiger partial charge in [-0.2, -0.15) is 0 Å². The van der Waals surface area contributed by atoms with Gasteiger partial charge in [0.2, 0.25) is 0 Å². The fourth-order valence-corrected chi connectivity index (χ4v) is 4.89. The minimum atomic E-state index is 0.812. The van der Waals surface area contributed by atoms with Crippen molar-refractivity contribution in [1.82, 2.24) is 9.55 Å². The first-order valence-electron chi connectivity index (χ1n) is 8.14. The standard InChI is InChI=1S/C21H12N2OS/c1-3-7-17-14(5-1)21-20(15-6-2-4-8-19(15)25-21)23(17)13-9-10-18-16(11-13)22-12-24-18/h1-12H. The summed E-state index contributed by atoms with van der Waals surface area (Å²) in [5.41, 5.74) is 5.28. The van der Waals surface area contributed by atoms with Crippen molar-refractivity contribution in [3.63, 3.8) is 0 Å². The molecule has 0 amide bonds. The number of para-hydroxylation sites is 1. The van der Waals surface area contributed by atoms with E-state index in [1.54, 1.807) is 0 Å². The first kappa shape index (κ1) is 13.2. The van der Waals surface area contributed by atoms with Gasteiger partial charge in [-0.25, -0.2) is 4.98 Å². The summed E-state index contributed by atoms with van der Waals surface area (Å²) in [5, 5.41) is 2.58. The maximum Gasteiger partial charge on any atom is 0.181 e. The quantitative estimate of drug-likeness (QED) is 0.360. The number of hydrogen-bond acceptors (Lipinski definition) is 3. The van der Waals surface area contributed by atoms with Crippen LogP contribution < -0.4 is 0 Å². The highest BCUT2D eigenvalue weighted by Crippen LogP contribution is 2.42. The lowest BCUT2D eigenvalue weighted by Crippen LogP contribution is -1.93. The molecule has 0 unspecified atom stereocenters. The van der Waals surface area contributed by atoms with Crippen molar-refractivity contribution in [3.8, 4) is 5.69 Å². The van der Waals surface area contributed by atoms with E-state index in [1.807, 2.05) is 17.4 Å². The van der Waals surface area contributed by atoms with Crippen LogP contribution in [0, 0.1) is 0 Å². The molecule has 0 spiro atoms. The molecule has 0 bridgehead atoms. The normalized spacial score (nSPS) is 12.0. The molecule has 4 heteroatoms. The van der Waals surface area contributed by atoms with Gasteiger partial charge in [-0.1, -0.05) is 36.4 Å². The van der Waals surface area contributed by atoms with Gasteiger partial charge in [0.15, 0.2) is 12.0 Å². The van der Waals surface area contributed by atoms with Crippen molar-refractivity contribution < 1.29 is 4.42 Å². The number of fused-ring (bicyclic) bond motifs is 6. The van der Waals surface area contributed by atoms with E-state index in [0.29, 0.717) is 0 Å². The Hall–Kier alpha value is -3.11. The number of thiophene rings is 1. The van der Waals surface area contributed by atoms with Gasteiger partial charge in [0.05, 0.1) is 15.7 Å². The fraction of sp³-hybridized carbons (Fsp3) is 0. The van der Waals surface area contributed by atoms with Crippen LogP contribution in [-0.4, -0.2) is 9.55 Å². The maximum atomic E-state index is 5.40. The molecule has 25 heavy (non-hydrogen) atoms. The highest BCUT2D eigenvalue weighted by atomic mass is 32.1. The molecular formula is C21H12N2OS. The van der Waals surface area contributed by atoms with Crippen LogP contribution in [0.5, 0.6) is 0 Å². The molecule has 3 aromatic heterocycles. The summed E-state index contributed by atoms with van der Waals surface area (Å²) in [7, 11) is 0. The first-order chi connectivity index (χ1) is 12.4. The molecule has 0 aliphatic carbocycles. The van der Waals surface area contributed by atoms with Gasteiger partial charge in [0.25, 0.3) is 0 Å². The molecule has 0 saturated carbocycles. The van der Waals surface area contributed by atoms with E-state index < -0.39 is 0 Å². The summed E-state index contributed by atoms with van der Waals surface area (Å²) in [6.45, 7) is 0. The van der Waals surface area contributed by atoms with Gasteiger partial charge < -0.3 is 8.98 Å². The van der Waals surface area contributed by atoms with Crippen LogP contribution in [0.4, 0.5) is 0 Å². The van der Waals surface area contributed by atoms with Gasteiger partial charge in [-0.05, 0) is 30.3 Å². The van der Waals surface area contributed by atoms with Gasteiger partial charge >= 0.3 is 0 Å². The van der Waals surface area contributed by atoms with Crippen LogP contribution >= 0.6 is 11.3 Å². The minimum absolute atomic E-state index is 0.812. The molecule has 0 N–H and O–H groups in total. The molecule has 6 rings (SSSR count). The lowest BCUT2D eigenvalue weighted by atomic mass is 10.2. The number of rotatable bonds is 1. The van der Waals surface area contributed by atoms with Gasteiger partial charge in [-0.3, -0.25) is 0 Å². The zero-order valence-corrected chi connectivity index (χ0v) is 14.0. The predicted octanol–water partition coefficient (Wildman–Crippen LogP) is 6.14. The SMILES string of the molecule is c1ccc2c(c1)sc1c3ccccc3n(-c3ccc4ocnc4c3)c21. The summed E-state index contributed by atoms with van der Waals surface area (Å²) in [5.74, 6) is 0. The summed E-state index contributed by atoms with van der Waals surface area (Å²) in [6.07, 6.45) is 1.50. The molecule has 0 saturated heterocycles. The van der Waals surface area contributed by atoms with E-state index in [1.165, 1.54) is 37.6 Å². The molecule has 0 aliphatic rings. The Morgan fingerprint density at radius 1 is 0.880 bits per heavy atom. The average molecular weight is 340 g/mol. The number of aromatic nitrogens is 2. The highest BCUT2D eigenvalue weighted by molar-refractivity contribution is 7.26. The van der Waals surface area contributed by atoms with Crippen molar-refractivity contribution in [2.45, 2.75) is 0 Å². The molecule has 0 radical (unpaired) electrons. The van der Waals surface area contributed by atoms with E-state index in [-0.39, 0.29) is 0 Å². The second-order valence-electron chi connectivity index (χ2n) is 6.13. The summed E-state index contributed by atoms with van der Waals surface area (Å²) < 4.78 is 10.4. The number of hydrogen-bond donors (Lipinski definition) is 0. The summed E-state index contributed by atoms with van der Waals surface area (Å²) >= 11 is 1.86. The predicted molar refractivity (Wildman–Crippen MR) is 104 cm³/mol. The van der Waals surface area contributed by atoms with Gasteiger partial charge in [0.1, 0.15) is 5.52 Å². The average Bonchev–Trinajstić information content (AvgIpc) is 3.33. The van der Waals surface area contributed by atoms with Gasteiger partial charge in [0, 0.05) is 21.2 Å². The second kappa shape index (κ2) is 4.71. The van der Waals surface area contributed by atoms with E-state index in [0.717, 1.165) is 16.8 Å². The fourth-order valence-electron chi connectivity index (χ4n) is 3.67. The second-order valence-corrected chi connectivity index (χ2v) is 7.19. The van der Waals surface area contributed by atoms with E-state index in [4.69, 9.17) is 4.42 Å². The van der Waals surface area contributed by atoms with Crippen molar-refractivity contribution in [1.29, 1.82) is 0 Å². The topological polar surface area (TPSA) is 31.0 Å². The summed E-state index contributed by atoms with van der Waals surface area (Å²) in [6, 6.07) is 23.4. The smallest absolute Gasteiger partial charge is 0.181 e. The third-order valence-electron chi connectivity index (χ3n) is 4.75. The molecule has 0 aliphatic heterocycles. The van der Waals surface area contributed by atoms with Gasteiger partial charge in [-0.15, -0.1) is 11.3 Å². The Kier molecular flexibility index (Phi) is 2.49. The van der Waals surface area contributed by atoms with Crippen LogP contribution in [0.3, 0.4) is 0 Å². The van der Waals surface area contributed by atoms with Crippen molar-refractivity contribution in [3.05, 3.63) is 73.1 Å². The largest absolute Gasteiger partial charge is 0.443 e. The third kappa shape index (κ3) is 1.72. The number of oxazole rings is 1. The molecule has 3 heterocycles. The summed E-state index contributed by atoms with van der Waals surface area (Å²) in [4.78, 5) is 4.32. The molecule has 6 aromatic rings. The zero-order chi connectivity index (χ0) is 16.4. The Morgan fingerprint density at radius 3 is 2.68 bits per heavy atom. The van der Waals surface area contributed by atoms with E-state index >= 15 is 0 Å². The Labute approximate surface area is 146 Å². The molecule has 118 valence electrons. The number of benzene rings is 3. The van der Waals surface area contributed by atoms with E-state index in [2.05, 4.69) is 70.2 Å². The van der Waals surface area contributed by atoms with Crippen molar-refractivity contribution >= 4 is 53.6 Å². The van der Waals surface area contributed by atoms with Crippen LogP contribution in [0.2, 0.25) is 0 Å². The van der Waals surface area contributed by atoms with Crippen LogP contribution in [-0.2, 0) is 0 Å². The molecule has 3 aromatic carbocycles. The maximum absolute atomic E-state index is 5.40. The van der Waals surface area contributed by atoms with Crippen LogP contribution in [0.25, 0.3) is 48.0 Å². The van der Waals surface area contributed by atoms with Crippen molar-refractivity contribution in [2.24, 2.45) is 0 Å². The molecule has 0 atom stereocenters. The molecule has 3 nitrogen and oxygen atoms in total. The monoisotopic (exact) mass is 340 g/mol.